The van der Waals surface area contributed by atoms with Crippen LogP contribution in [0.4, 0.5) is 4.79 Å². The van der Waals surface area contributed by atoms with Gasteiger partial charge in [-0.1, -0.05) is 23.9 Å². The molecule has 0 fully saturated rings. The van der Waals surface area contributed by atoms with Crippen LogP contribution in [0.5, 0.6) is 0 Å². The maximum atomic E-state index is 13.2. The molecule has 0 saturated heterocycles. The van der Waals surface area contributed by atoms with Gasteiger partial charge >= 0.3 is 5.12 Å². The third kappa shape index (κ3) is 3.07. The Kier molecular flexibility index (Phi) is 5.27. The molecule has 9 heteroatoms. The normalized spacial score (nSPS) is 18.4. The smallest absolute Gasteiger partial charge is 0.344 e. The van der Waals surface area contributed by atoms with Crippen molar-refractivity contribution in [1.29, 1.82) is 0 Å². The van der Waals surface area contributed by atoms with Gasteiger partial charge in [0.1, 0.15) is 28.2 Å². The number of para-hydroxylation sites is 2. The van der Waals surface area contributed by atoms with Crippen LogP contribution < -0.4 is 10.7 Å². The van der Waals surface area contributed by atoms with Crippen LogP contribution in [0.2, 0.25) is 0 Å². The van der Waals surface area contributed by atoms with E-state index in [2.05, 4.69) is 4.98 Å². The number of aromatic nitrogens is 3. The molecule has 3 heterocycles. The lowest BCUT2D eigenvalue weighted by Gasteiger charge is -2.17. The van der Waals surface area contributed by atoms with Crippen molar-refractivity contribution in [3.8, 4) is 0 Å². The molecular formula is C21H21N3O4S2. The van der Waals surface area contributed by atoms with Gasteiger partial charge in [-0.25, -0.2) is 9.78 Å². The maximum absolute atomic E-state index is 13.2. The van der Waals surface area contributed by atoms with Gasteiger partial charge in [-0.3, -0.25) is 9.36 Å². The van der Waals surface area contributed by atoms with Crippen LogP contribution in [0, 0.1) is 0 Å². The molecule has 156 valence electrons. The number of carbonyl (C=O) groups is 2. The third-order valence-electron chi connectivity index (χ3n) is 5.30. The van der Waals surface area contributed by atoms with Crippen molar-refractivity contribution < 1.29 is 14.7 Å². The number of hydrogen-bond acceptors (Lipinski definition) is 6. The predicted octanol–water partition coefficient (Wildman–Crippen LogP) is 2.19. The summed E-state index contributed by atoms with van der Waals surface area (Å²) >= 11 is 1.44. The maximum Gasteiger partial charge on any atom is 0.344 e. The first-order valence-corrected chi connectivity index (χ1v) is 12.0. The lowest BCUT2D eigenvalue weighted by molar-refractivity contribution is -0.251. The highest BCUT2D eigenvalue weighted by Crippen LogP contribution is 2.38. The van der Waals surface area contributed by atoms with Crippen LogP contribution in [-0.2, 0) is 22.2 Å². The molecule has 0 radical (unpaired) electrons. The van der Waals surface area contributed by atoms with Crippen molar-refractivity contribution in [3.05, 3.63) is 51.9 Å². The van der Waals surface area contributed by atoms with Crippen LogP contribution in [-0.4, -0.2) is 36.8 Å². The zero-order valence-corrected chi connectivity index (χ0v) is 18.7. The van der Waals surface area contributed by atoms with E-state index < -0.39 is 28.5 Å². The fourth-order valence-corrected chi connectivity index (χ4v) is 7.00. The van der Waals surface area contributed by atoms with Crippen LogP contribution in [0.1, 0.15) is 37.9 Å². The monoisotopic (exact) mass is 443 g/mol. The molecular weight excluding hydrogens is 422 g/mol. The van der Waals surface area contributed by atoms with Crippen molar-refractivity contribution in [3.63, 3.8) is 0 Å². The van der Waals surface area contributed by atoms with E-state index in [1.165, 1.54) is 11.8 Å². The van der Waals surface area contributed by atoms with E-state index >= 15 is 0 Å². The molecule has 3 aromatic rings. The molecule has 0 bridgehead atoms. The summed E-state index contributed by atoms with van der Waals surface area (Å²) < 4.78 is 2.56. The fraction of sp³-hybridized carbons (Fsp3) is 0.333. The number of pyridine rings is 1. The number of carboxylic acid groups (broad SMARTS) is 1. The molecule has 1 aromatic carbocycles. The van der Waals surface area contributed by atoms with Gasteiger partial charge in [0.25, 0.3) is 5.56 Å². The quantitative estimate of drug-likeness (QED) is 0.453. The highest BCUT2D eigenvalue weighted by atomic mass is 32.2. The van der Waals surface area contributed by atoms with Crippen LogP contribution in [0.25, 0.3) is 11.0 Å². The molecule has 0 N–H and O–H groups in total. The highest BCUT2D eigenvalue weighted by molar-refractivity contribution is 8.12. The number of imidazole rings is 1. The Morgan fingerprint density at radius 3 is 2.63 bits per heavy atom. The largest absolute Gasteiger partial charge is 0.529 e. The molecule has 0 spiro atoms. The molecule has 4 rings (SSSR count). The lowest BCUT2D eigenvalue weighted by Crippen LogP contribution is -2.41. The first-order chi connectivity index (χ1) is 14.3. The number of thioether (sulfide) groups is 1. The number of nitrogens with zero attached hydrogens (tertiary/aromatic N) is 3. The van der Waals surface area contributed by atoms with Crippen molar-refractivity contribution in [2.45, 2.75) is 48.5 Å². The van der Waals surface area contributed by atoms with Crippen molar-refractivity contribution >= 4 is 44.9 Å². The van der Waals surface area contributed by atoms with Gasteiger partial charge in [0.05, 0.1) is 28.8 Å². The third-order valence-corrected chi connectivity index (χ3v) is 8.52. The Morgan fingerprint density at radius 1 is 1.30 bits per heavy atom. The van der Waals surface area contributed by atoms with Crippen molar-refractivity contribution in [2.24, 2.45) is 0 Å². The Bertz CT molecular complexity index is 1250. The van der Waals surface area contributed by atoms with Gasteiger partial charge in [-0.2, -0.15) is 0 Å². The first-order valence-electron chi connectivity index (χ1n) is 9.52. The number of rotatable bonds is 4. The van der Waals surface area contributed by atoms with Gasteiger partial charge in [-0.15, -0.1) is 0 Å². The first kappa shape index (κ1) is 20.7. The van der Waals surface area contributed by atoms with E-state index in [-0.39, 0.29) is 28.2 Å². The molecule has 0 amide bonds. The molecule has 2 atom stereocenters. The molecule has 7 nitrogen and oxygen atoms in total. The minimum Gasteiger partial charge on any atom is -0.529 e. The average molecular weight is 444 g/mol. The van der Waals surface area contributed by atoms with Gasteiger partial charge in [0.2, 0.25) is 0 Å². The Balaban J connectivity index is 1.96. The second-order valence-corrected chi connectivity index (χ2v) is 10.7. The number of carbonyl (C=O) groups excluding carboxylic acids is 2. The average Bonchev–Trinajstić information content (AvgIpc) is 3.16. The van der Waals surface area contributed by atoms with Gasteiger partial charge < -0.3 is 14.5 Å². The zero-order valence-electron chi connectivity index (χ0n) is 17.0. The fourth-order valence-electron chi connectivity index (χ4n) is 3.97. The summed E-state index contributed by atoms with van der Waals surface area (Å²) in [5, 5.41) is 12.7. The van der Waals surface area contributed by atoms with Crippen LogP contribution >= 0.6 is 11.8 Å². The van der Waals surface area contributed by atoms with E-state index in [9.17, 15) is 19.5 Å². The van der Waals surface area contributed by atoms with E-state index in [1.807, 2.05) is 48.9 Å². The van der Waals surface area contributed by atoms with E-state index in [4.69, 9.17) is 0 Å². The predicted molar refractivity (Wildman–Crippen MR) is 116 cm³/mol. The summed E-state index contributed by atoms with van der Waals surface area (Å²) in [6, 6.07) is 9.26. The minimum absolute atomic E-state index is 0.0166. The summed E-state index contributed by atoms with van der Waals surface area (Å²) in [5.74, 6) is -0.617. The molecule has 0 saturated carbocycles. The minimum atomic E-state index is -1.59. The molecule has 1 aliphatic heterocycles. The Hall–Kier alpha value is -2.52. The SMILES string of the molecule is CSc1nc2ccccc2n1Cc1cc2c(c(=O)n1C(=O)[O-])C(C)C(=O)[S+]2C(C)C. The van der Waals surface area contributed by atoms with Crippen LogP contribution in [0.3, 0.4) is 0 Å². The zero-order chi connectivity index (χ0) is 21.7. The topological polar surface area (TPSA) is 97.0 Å². The second-order valence-electron chi connectivity index (χ2n) is 7.42. The van der Waals surface area contributed by atoms with Crippen LogP contribution in [0.15, 0.2) is 45.2 Å². The Labute approximate surface area is 180 Å². The number of benzene rings is 1. The van der Waals surface area contributed by atoms with Crippen molar-refractivity contribution in [1.82, 2.24) is 14.1 Å². The van der Waals surface area contributed by atoms with Gasteiger partial charge in [0, 0.05) is 6.07 Å². The summed E-state index contributed by atoms with van der Waals surface area (Å²) in [6.45, 7) is 5.70. The second kappa shape index (κ2) is 7.63. The molecule has 0 aliphatic carbocycles. The number of fused-ring (bicyclic) bond motifs is 2. The van der Waals surface area contributed by atoms with E-state index in [0.717, 1.165) is 11.0 Å². The summed E-state index contributed by atoms with van der Waals surface area (Å²) in [4.78, 5) is 43.2. The number of hydrogen-bond donors (Lipinski definition) is 0. The van der Waals surface area contributed by atoms with Gasteiger partial charge in [-0.05, 0) is 39.2 Å². The molecule has 30 heavy (non-hydrogen) atoms. The summed E-state index contributed by atoms with van der Waals surface area (Å²) in [5.41, 5.74) is 1.51. The summed E-state index contributed by atoms with van der Waals surface area (Å²) in [7, 11) is -0.749. The molecule has 2 aromatic heterocycles. The van der Waals surface area contributed by atoms with Crippen molar-refractivity contribution in [2.75, 3.05) is 6.26 Å². The van der Waals surface area contributed by atoms with E-state index in [0.29, 0.717) is 14.6 Å². The Morgan fingerprint density at radius 2 is 2.00 bits per heavy atom. The van der Waals surface area contributed by atoms with Gasteiger partial charge in [0.15, 0.2) is 10.1 Å². The lowest BCUT2D eigenvalue weighted by atomic mass is 10.0. The highest BCUT2D eigenvalue weighted by Gasteiger charge is 2.51. The molecule has 1 aliphatic rings. The standard InChI is InChI=1S/C21H21N3O4S2/c1-11(2)30-16-9-13(24(21(27)28)18(25)17(16)12(3)19(30)26)10-23-15-8-6-5-7-14(15)22-20(23)29-4/h5-9,11-12H,10H2,1-4H3. The molecule has 2 unspecified atom stereocenters. The van der Waals surface area contributed by atoms with E-state index in [1.54, 1.807) is 13.0 Å². The summed E-state index contributed by atoms with van der Waals surface area (Å²) in [6.07, 6.45) is 0.298.